The third kappa shape index (κ3) is 3.01. The lowest BCUT2D eigenvalue weighted by Crippen LogP contribution is -2.47. The summed E-state index contributed by atoms with van der Waals surface area (Å²) in [6.45, 7) is 3.07. The molecule has 1 fully saturated rings. The van der Waals surface area contributed by atoms with Crippen molar-refractivity contribution in [2.75, 3.05) is 43.1 Å². The number of methoxy groups -OCH3 is 1. The Bertz CT molecular complexity index is 997. The van der Waals surface area contributed by atoms with Gasteiger partial charge in [0.2, 0.25) is 5.43 Å². The Morgan fingerprint density at radius 3 is 2.42 bits per heavy atom. The monoisotopic (exact) mass is 370 g/mol. The number of hydrogen-bond acceptors (Lipinski definition) is 5. The van der Waals surface area contributed by atoms with Gasteiger partial charge in [-0.05, 0) is 30.3 Å². The summed E-state index contributed by atoms with van der Waals surface area (Å²) in [4.78, 5) is 17.2. The lowest BCUT2D eigenvalue weighted by atomic mass is 10.2. The van der Waals surface area contributed by atoms with Gasteiger partial charge in [-0.3, -0.25) is 4.79 Å². The van der Waals surface area contributed by atoms with Gasteiger partial charge in [-0.15, -0.1) is 11.3 Å². The van der Waals surface area contributed by atoms with Gasteiger partial charge in [-0.2, -0.15) is 0 Å². The van der Waals surface area contributed by atoms with Crippen LogP contribution in [0.25, 0.3) is 10.1 Å². The van der Waals surface area contributed by atoms with Crippen LogP contribution in [0.5, 0.6) is 5.75 Å². The van der Waals surface area contributed by atoms with Gasteiger partial charge >= 0.3 is 0 Å². The highest BCUT2D eigenvalue weighted by Crippen LogP contribution is 2.29. The standard InChI is InChI=1S/C20H19FN2O2S/c1-25-18-5-3-2-4-16(18)22-8-10-23(11-9-22)17-13-26-19-7-6-14(21)12-15(19)20(17)24/h2-7,12-13H,8-11H2,1H3. The highest BCUT2D eigenvalue weighted by atomic mass is 32.1. The number of ether oxygens (including phenoxy) is 1. The number of hydrogen-bond donors (Lipinski definition) is 0. The summed E-state index contributed by atoms with van der Waals surface area (Å²) < 4.78 is 19.8. The molecule has 0 N–H and O–H groups in total. The van der Waals surface area contributed by atoms with Gasteiger partial charge in [0.05, 0.1) is 18.5 Å². The van der Waals surface area contributed by atoms with E-state index in [1.165, 1.54) is 23.5 Å². The molecule has 0 atom stereocenters. The number of fused-ring (bicyclic) bond motifs is 1. The molecule has 1 aliphatic heterocycles. The predicted molar refractivity (Wildman–Crippen MR) is 105 cm³/mol. The van der Waals surface area contributed by atoms with Crippen LogP contribution in [-0.4, -0.2) is 33.3 Å². The molecule has 0 amide bonds. The van der Waals surface area contributed by atoms with Crippen molar-refractivity contribution in [2.24, 2.45) is 0 Å². The first-order valence-corrected chi connectivity index (χ1v) is 9.39. The molecule has 0 spiro atoms. The van der Waals surface area contributed by atoms with Crippen LogP contribution in [0, 0.1) is 5.82 Å². The van der Waals surface area contributed by atoms with E-state index < -0.39 is 0 Å². The number of halogens is 1. The summed E-state index contributed by atoms with van der Waals surface area (Å²) in [5.74, 6) is 0.480. The molecule has 0 radical (unpaired) electrons. The molecule has 134 valence electrons. The molecule has 3 aromatic rings. The van der Waals surface area contributed by atoms with E-state index in [0.29, 0.717) is 11.1 Å². The Morgan fingerprint density at radius 1 is 1.00 bits per heavy atom. The zero-order valence-corrected chi connectivity index (χ0v) is 15.3. The Kier molecular flexibility index (Phi) is 4.51. The molecule has 1 saturated heterocycles. The molecule has 1 aliphatic rings. The second-order valence-electron chi connectivity index (χ2n) is 6.24. The van der Waals surface area contributed by atoms with Crippen LogP contribution in [0.15, 0.2) is 52.6 Å². The maximum atomic E-state index is 13.5. The molecule has 2 heterocycles. The topological polar surface area (TPSA) is 32.8 Å². The minimum absolute atomic E-state index is 0.0935. The molecule has 2 aromatic carbocycles. The highest BCUT2D eigenvalue weighted by molar-refractivity contribution is 7.16. The average Bonchev–Trinajstić information content (AvgIpc) is 2.69. The van der Waals surface area contributed by atoms with Crippen molar-refractivity contribution < 1.29 is 9.13 Å². The van der Waals surface area contributed by atoms with Gasteiger partial charge in [0.25, 0.3) is 0 Å². The fourth-order valence-electron chi connectivity index (χ4n) is 3.39. The molecule has 26 heavy (non-hydrogen) atoms. The van der Waals surface area contributed by atoms with E-state index in [1.807, 2.05) is 29.6 Å². The third-order valence-corrected chi connectivity index (χ3v) is 5.71. The van der Waals surface area contributed by atoms with Gasteiger partial charge in [0, 0.05) is 41.6 Å². The second-order valence-corrected chi connectivity index (χ2v) is 7.15. The van der Waals surface area contributed by atoms with Crippen LogP contribution in [0.4, 0.5) is 15.8 Å². The van der Waals surface area contributed by atoms with Crippen LogP contribution in [0.3, 0.4) is 0 Å². The lowest BCUT2D eigenvalue weighted by molar-refractivity contribution is 0.413. The normalized spacial score (nSPS) is 14.7. The molecule has 0 aliphatic carbocycles. The quantitative estimate of drug-likeness (QED) is 0.703. The Morgan fingerprint density at radius 2 is 1.69 bits per heavy atom. The summed E-state index contributed by atoms with van der Waals surface area (Å²) >= 11 is 1.48. The van der Waals surface area contributed by atoms with E-state index >= 15 is 0 Å². The number of benzene rings is 2. The fraction of sp³-hybridized carbons (Fsp3) is 0.250. The van der Waals surface area contributed by atoms with Gasteiger partial charge in [0.1, 0.15) is 11.6 Å². The summed E-state index contributed by atoms with van der Waals surface area (Å²) in [6.07, 6.45) is 0. The lowest BCUT2D eigenvalue weighted by Gasteiger charge is -2.37. The van der Waals surface area contributed by atoms with Gasteiger partial charge in [-0.25, -0.2) is 4.39 Å². The molecule has 4 nitrogen and oxygen atoms in total. The van der Waals surface area contributed by atoms with E-state index in [9.17, 15) is 9.18 Å². The van der Waals surface area contributed by atoms with Crippen molar-refractivity contribution in [2.45, 2.75) is 0 Å². The summed E-state index contributed by atoms with van der Waals surface area (Å²) in [5.41, 5.74) is 1.64. The molecule has 0 unspecified atom stereocenters. The summed E-state index contributed by atoms with van der Waals surface area (Å²) in [6, 6.07) is 12.4. The average molecular weight is 370 g/mol. The van der Waals surface area contributed by atoms with E-state index in [2.05, 4.69) is 9.80 Å². The molecule has 6 heteroatoms. The SMILES string of the molecule is COc1ccccc1N1CCN(c2csc3ccc(F)cc3c2=O)CC1. The minimum Gasteiger partial charge on any atom is -0.495 e. The van der Waals surface area contributed by atoms with Crippen LogP contribution in [0.1, 0.15) is 0 Å². The number of para-hydroxylation sites is 2. The maximum Gasteiger partial charge on any atom is 0.211 e. The Labute approximate surface area is 155 Å². The number of nitrogens with zero attached hydrogens (tertiary/aromatic N) is 2. The van der Waals surface area contributed by atoms with Crippen molar-refractivity contribution in [3.8, 4) is 5.75 Å². The first-order chi connectivity index (χ1) is 12.7. The number of anilines is 2. The minimum atomic E-state index is -0.375. The maximum absolute atomic E-state index is 13.5. The van der Waals surface area contributed by atoms with Gasteiger partial charge < -0.3 is 14.5 Å². The molecular weight excluding hydrogens is 351 g/mol. The molecule has 4 rings (SSSR count). The van der Waals surface area contributed by atoms with E-state index in [4.69, 9.17) is 4.74 Å². The smallest absolute Gasteiger partial charge is 0.211 e. The Hall–Kier alpha value is -2.60. The largest absolute Gasteiger partial charge is 0.495 e. The van der Waals surface area contributed by atoms with Crippen LogP contribution in [-0.2, 0) is 0 Å². The predicted octanol–water partition coefficient (Wildman–Crippen LogP) is 3.74. The van der Waals surface area contributed by atoms with Crippen LogP contribution < -0.4 is 20.0 Å². The molecular formula is C20H19FN2O2S. The van der Waals surface area contributed by atoms with E-state index in [0.717, 1.165) is 42.3 Å². The summed E-state index contributed by atoms with van der Waals surface area (Å²) in [7, 11) is 1.67. The number of piperazine rings is 1. The summed E-state index contributed by atoms with van der Waals surface area (Å²) in [5, 5.41) is 2.35. The Balaban J connectivity index is 1.58. The molecule has 0 bridgehead atoms. The van der Waals surface area contributed by atoms with Crippen LogP contribution >= 0.6 is 11.3 Å². The van der Waals surface area contributed by atoms with E-state index in [-0.39, 0.29) is 11.2 Å². The number of rotatable bonds is 3. The highest BCUT2D eigenvalue weighted by Gasteiger charge is 2.22. The van der Waals surface area contributed by atoms with Gasteiger partial charge in [-0.1, -0.05) is 12.1 Å². The van der Waals surface area contributed by atoms with Crippen LogP contribution in [0.2, 0.25) is 0 Å². The van der Waals surface area contributed by atoms with Crippen molar-refractivity contribution in [1.29, 1.82) is 0 Å². The first-order valence-electron chi connectivity index (χ1n) is 8.51. The zero-order valence-electron chi connectivity index (χ0n) is 14.4. The van der Waals surface area contributed by atoms with Gasteiger partial charge in [0.15, 0.2) is 0 Å². The molecule has 1 aromatic heterocycles. The van der Waals surface area contributed by atoms with Crippen molar-refractivity contribution in [3.63, 3.8) is 0 Å². The first kappa shape index (κ1) is 16.8. The zero-order chi connectivity index (χ0) is 18.1. The van der Waals surface area contributed by atoms with Crippen molar-refractivity contribution >= 4 is 32.8 Å². The molecule has 0 saturated carbocycles. The second kappa shape index (κ2) is 6.96. The van der Waals surface area contributed by atoms with Crippen molar-refractivity contribution in [3.05, 3.63) is 63.9 Å². The third-order valence-electron chi connectivity index (χ3n) is 4.76. The van der Waals surface area contributed by atoms with Crippen molar-refractivity contribution in [1.82, 2.24) is 0 Å². The fourth-order valence-corrected chi connectivity index (χ4v) is 4.31. The van der Waals surface area contributed by atoms with E-state index in [1.54, 1.807) is 13.2 Å².